The molecule has 0 unspecified atom stereocenters. The normalized spacial score (nSPS) is 12.6. The minimum atomic E-state index is -0.250. The monoisotopic (exact) mass is 288 g/mol. The molecule has 2 heterocycles. The molecule has 0 aromatic carbocycles. The van der Waals surface area contributed by atoms with Gasteiger partial charge in [0.2, 0.25) is 0 Å². The standard InChI is InChI=1S/C15H24N6/c1-14(2,3)19-15(4,5)12-10-21(20-18-12)9-11-7-6-8-13(16)17-11/h6-8,10,19H,9H2,1-5H3,(H2,16,17). The Labute approximate surface area is 125 Å². The van der Waals surface area contributed by atoms with E-state index in [1.807, 2.05) is 18.3 Å². The maximum atomic E-state index is 5.69. The highest BCUT2D eigenvalue weighted by Crippen LogP contribution is 2.21. The van der Waals surface area contributed by atoms with Gasteiger partial charge in [-0.1, -0.05) is 11.3 Å². The molecule has 0 fully saturated rings. The van der Waals surface area contributed by atoms with Gasteiger partial charge in [0.1, 0.15) is 11.5 Å². The Kier molecular flexibility index (Phi) is 4.00. The van der Waals surface area contributed by atoms with Crippen molar-refractivity contribution in [3.05, 3.63) is 35.8 Å². The zero-order chi connectivity index (χ0) is 15.7. The first-order valence-corrected chi connectivity index (χ1v) is 7.07. The lowest BCUT2D eigenvalue weighted by Crippen LogP contribution is -2.48. The van der Waals surface area contributed by atoms with Crippen LogP contribution in [0.3, 0.4) is 0 Å². The van der Waals surface area contributed by atoms with Crippen LogP contribution in [0.2, 0.25) is 0 Å². The first-order chi connectivity index (χ1) is 9.66. The Hall–Kier alpha value is -1.95. The van der Waals surface area contributed by atoms with E-state index >= 15 is 0 Å². The van der Waals surface area contributed by atoms with Crippen molar-refractivity contribution >= 4 is 5.82 Å². The largest absolute Gasteiger partial charge is 0.384 e. The number of pyridine rings is 1. The van der Waals surface area contributed by atoms with Crippen molar-refractivity contribution in [2.45, 2.75) is 52.2 Å². The molecule has 2 aromatic heterocycles. The van der Waals surface area contributed by atoms with Crippen LogP contribution in [0.25, 0.3) is 0 Å². The topological polar surface area (TPSA) is 81.7 Å². The van der Waals surface area contributed by atoms with Crippen LogP contribution in [0.4, 0.5) is 5.82 Å². The third kappa shape index (κ3) is 4.26. The number of hydrogen-bond acceptors (Lipinski definition) is 5. The first-order valence-electron chi connectivity index (χ1n) is 7.07. The van der Waals surface area contributed by atoms with E-state index < -0.39 is 0 Å². The minimum Gasteiger partial charge on any atom is -0.384 e. The quantitative estimate of drug-likeness (QED) is 0.898. The number of nitrogens with two attached hydrogens (primary N) is 1. The summed E-state index contributed by atoms with van der Waals surface area (Å²) in [5.41, 5.74) is 7.21. The molecule has 0 saturated heterocycles. The highest BCUT2D eigenvalue weighted by atomic mass is 15.4. The van der Waals surface area contributed by atoms with Crippen molar-refractivity contribution in [3.8, 4) is 0 Å². The van der Waals surface area contributed by atoms with Gasteiger partial charge in [0.25, 0.3) is 0 Å². The summed E-state index contributed by atoms with van der Waals surface area (Å²) in [4.78, 5) is 4.27. The molecule has 2 aromatic rings. The van der Waals surface area contributed by atoms with Gasteiger partial charge >= 0.3 is 0 Å². The average Bonchev–Trinajstić information content (AvgIpc) is 2.75. The summed E-state index contributed by atoms with van der Waals surface area (Å²) in [7, 11) is 0. The van der Waals surface area contributed by atoms with Crippen LogP contribution in [0, 0.1) is 0 Å². The molecule has 0 bridgehead atoms. The van der Waals surface area contributed by atoms with Gasteiger partial charge in [-0.05, 0) is 46.8 Å². The SMILES string of the molecule is CC(C)(C)NC(C)(C)c1cn(Cc2cccc(N)n2)nn1. The Morgan fingerprint density at radius 2 is 1.90 bits per heavy atom. The van der Waals surface area contributed by atoms with E-state index in [9.17, 15) is 0 Å². The van der Waals surface area contributed by atoms with Gasteiger partial charge in [0.05, 0.1) is 24.0 Å². The molecule has 114 valence electrons. The number of nitrogens with zero attached hydrogens (tertiary/aromatic N) is 4. The number of rotatable bonds is 4. The van der Waals surface area contributed by atoms with Crippen molar-refractivity contribution < 1.29 is 0 Å². The zero-order valence-corrected chi connectivity index (χ0v) is 13.4. The fourth-order valence-corrected chi connectivity index (χ4v) is 2.42. The Morgan fingerprint density at radius 3 is 2.52 bits per heavy atom. The molecule has 0 radical (unpaired) electrons. The fraction of sp³-hybridized carbons (Fsp3) is 0.533. The smallest absolute Gasteiger partial charge is 0.123 e. The van der Waals surface area contributed by atoms with Gasteiger partial charge in [-0.3, -0.25) is 0 Å². The molecule has 21 heavy (non-hydrogen) atoms. The maximum Gasteiger partial charge on any atom is 0.123 e. The van der Waals surface area contributed by atoms with Gasteiger partial charge < -0.3 is 11.1 Å². The van der Waals surface area contributed by atoms with Gasteiger partial charge in [-0.2, -0.15) is 0 Å². The van der Waals surface area contributed by atoms with E-state index in [0.29, 0.717) is 12.4 Å². The summed E-state index contributed by atoms with van der Waals surface area (Å²) in [6.45, 7) is 11.2. The summed E-state index contributed by atoms with van der Waals surface area (Å²) in [5, 5.41) is 12.0. The second-order valence-corrected chi connectivity index (χ2v) is 6.86. The number of nitrogens with one attached hydrogen (secondary N) is 1. The van der Waals surface area contributed by atoms with Gasteiger partial charge in [0, 0.05) is 5.54 Å². The van der Waals surface area contributed by atoms with Crippen molar-refractivity contribution in [1.82, 2.24) is 25.3 Å². The number of aromatic nitrogens is 4. The Morgan fingerprint density at radius 1 is 1.19 bits per heavy atom. The van der Waals surface area contributed by atoms with Crippen LogP contribution < -0.4 is 11.1 Å². The maximum absolute atomic E-state index is 5.69. The van der Waals surface area contributed by atoms with Crippen molar-refractivity contribution in [2.24, 2.45) is 0 Å². The van der Waals surface area contributed by atoms with E-state index in [-0.39, 0.29) is 11.1 Å². The molecule has 0 saturated carbocycles. The van der Waals surface area contributed by atoms with E-state index in [1.54, 1.807) is 10.7 Å². The molecule has 2 rings (SSSR count). The summed E-state index contributed by atoms with van der Waals surface area (Å²) in [5.74, 6) is 0.516. The van der Waals surface area contributed by atoms with Crippen molar-refractivity contribution in [3.63, 3.8) is 0 Å². The van der Waals surface area contributed by atoms with Gasteiger partial charge in [0.15, 0.2) is 0 Å². The molecular formula is C15H24N6. The van der Waals surface area contributed by atoms with Crippen LogP contribution in [-0.4, -0.2) is 25.5 Å². The van der Waals surface area contributed by atoms with E-state index in [0.717, 1.165) is 11.4 Å². The minimum absolute atomic E-state index is 0.00269. The molecule has 0 amide bonds. The average molecular weight is 288 g/mol. The molecule has 0 aliphatic rings. The molecule has 0 spiro atoms. The lowest BCUT2D eigenvalue weighted by Gasteiger charge is -2.33. The third-order valence-electron chi connectivity index (χ3n) is 3.02. The van der Waals surface area contributed by atoms with Crippen molar-refractivity contribution in [1.29, 1.82) is 0 Å². The highest BCUT2D eigenvalue weighted by molar-refractivity contribution is 5.28. The lowest BCUT2D eigenvalue weighted by molar-refractivity contribution is 0.280. The molecule has 6 heteroatoms. The number of hydrogen-bond donors (Lipinski definition) is 2. The van der Waals surface area contributed by atoms with E-state index in [4.69, 9.17) is 5.73 Å². The number of anilines is 1. The Balaban J connectivity index is 2.14. The molecule has 0 aliphatic carbocycles. The Bertz CT molecular complexity index is 609. The van der Waals surface area contributed by atoms with Crippen LogP contribution in [0.15, 0.2) is 24.4 Å². The molecule has 0 atom stereocenters. The molecule has 0 aliphatic heterocycles. The second kappa shape index (κ2) is 5.44. The van der Waals surface area contributed by atoms with Gasteiger partial charge in [-0.25, -0.2) is 9.67 Å². The van der Waals surface area contributed by atoms with Gasteiger partial charge in [-0.15, -0.1) is 5.10 Å². The predicted molar refractivity (Wildman–Crippen MR) is 83.7 cm³/mol. The van der Waals surface area contributed by atoms with E-state index in [2.05, 4.69) is 55.2 Å². The molecule has 6 nitrogen and oxygen atoms in total. The predicted octanol–water partition coefficient (Wildman–Crippen LogP) is 1.93. The van der Waals surface area contributed by atoms with Crippen LogP contribution in [0.1, 0.15) is 46.0 Å². The summed E-state index contributed by atoms with van der Waals surface area (Å²) in [6.07, 6.45) is 1.95. The van der Waals surface area contributed by atoms with E-state index in [1.165, 1.54) is 0 Å². The fourth-order valence-electron chi connectivity index (χ4n) is 2.42. The first kappa shape index (κ1) is 15.4. The summed E-state index contributed by atoms with van der Waals surface area (Å²) < 4.78 is 1.78. The number of nitrogen functional groups attached to an aromatic ring is 1. The highest BCUT2D eigenvalue weighted by Gasteiger charge is 2.28. The second-order valence-electron chi connectivity index (χ2n) is 6.86. The third-order valence-corrected chi connectivity index (χ3v) is 3.02. The lowest BCUT2D eigenvalue weighted by atomic mass is 9.96. The summed E-state index contributed by atoms with van der Waals surface area (Å²) >= 11 is 0. The molecular weight excluding hydrogens is 264 g/mol. The van der Waals surface area contributed by atoms with Crippen molar-refractivity contribution in [2.75, 3.05) is 5.73 Å². The van der Waals surface area contributed by atoms with Crippen LogP contribution in [-0.2, 0) is 12.1 Å². The van der Waals surface area contributed by atoms with Crippen LogP contribution >= 0.6 is 0 Å². The zero-order valence-electron chi connectivity index (χ0n) is 13.4. The molecule has 3 N–H and O–H groups in total. The summed E-state index contributed by atoms with van der Waals surface area (Å²) in [6, 6.07) is 5.59. The van der Waals surface area contributed by atoms with Crippen LogP contribution in [0.5, 0.6) is 0 Å².